The summed E-state index contributed by atoms with van der Waals surface area (Å²) in [6.07, 6.45) is 4.47. The SMILES string of the molecule is CC(c1ccc(Cl)cc1Cl)N(C)C(=O)C1CCCN(C(=O)c2ccoc2)C1. The third-order valence-corrected chi connectivity index (χ3v) is 5.73. The number of furan rings is 1. The summed E-state index contributed by atoms with van der Waals surface area (Å²) in [5, 5.41) is 1.10. The van der Waals surface area contributed by atoms with Gasteiger partial charge < -0.3 is 14.2 Å². The number of halogens is 2. The van der Waals surface area contributed by atoms with E-state index in [1.165, 1.54) is 12.5 Å². The topological polar surface area (TPSA) is 53.8 Å². The first-order valence-electron chi connectivity index (χ1n) is 8.91. The molecule has 0 spiro atoms. The minimum absolute atomic E-state index is 0.0122. The number of nitrogens with zero attached hydrogens (tertiary/aromatic N) is 2. The van der Waals surface area contributed by atoms with Crippen LogP contribution >= 0.6 is 23.2 Å². The van der Waals surface area contributed by atoms with Gasteiger partial charge in [0.1, 0.15) is 6.26 Å². The van der Waals surface area contributed by atoms with Gasteiger partial charge in [-0.25, -0.2) is 0 Å². The maximum atomic E-state index is 13.0. The summed E-state index contributed by atoms with van der Waals surface area (Å²) in [5.74, 6) is -0.316. The third-order valence-electron chi connectivity index (χ3n) is 5.17. The number of piperidine rings is 1. The Balaban J connectivity index is 1.69. The first-order valence-corrected chi connectivity index (χ1v) is 9.67. The normalized spacial score (nSPS) is 18.2. The van der Waals surface area contributed by atoms with Gasteiger partial charge in [-0.2, -0.15) is 0 Å². The second kappa shape index (κ2) is 8.36. The van der Waals surface area contributed by atoms with Crippen LogP contribution in [0, 0.1) is 5.92 Å². The lowest BCUT2D eigenvalue weighted by Crippen LogP contribution is -2.46. The highest BCUT2D eigenvalue weighted by Gasteiger charge is 2.32. The Kier molecular flexibility index (Phi) is 6.12. The van der Waals surface area contributed by atoms with Gasteiger partial charge in [0.2, 0.25) is 5.91 Å². The lowest BCUT2D eigenvalue weighted by Gasteiger charge is -2.35. The largest absolute Gasteiger partial charge is 0.472 e. The van der Waals surface area contributed by atoms with Crippen molar-refractivity contribution < 1.29 is 14.0 Å². The Hall–Kier alpha value is -1.98. The van der Waals surface area contributed by atoms with Gasteiger partial charge >= 0.3 is 0 Å². The first kappa shape index (κ1) is 19.8. The molecule has 1 fully saturated rings. The van der Waals surface area contributed by atoms with Crippen LogP contribution in [0.5, 0.6) is 0 Å². The molecule has 0 bridgehead atoms. The summed E-state index contributed by atoms with van der Waals surface area (Å²) >= 11 is 12.3. The summed E-state index contributed by atoms with van der Waals surface area (Å²) in [7, 11) is 1.77. The molecule has 144 valence electrons. The molecular weight excluding hydrogens is 387 g/mol. The van der Waals surface area contributed by atoms with Crippen LogP contribution in [-0.4, -0.2) is 41.8 Å². The first-order chi connectivity index (χ1) is 12.9. The molecule has 1 aromatic heterocycles. The molecule has 0 radical (unpaired) electrons. The van der Waals surface area contributed by atoms with Gasteiger partial charge in [0, 0.05) is 30.2 Å². The lowest BCUT2D eigenvalue weighted by atomic mass is 9.95. The molecule has 0 aliphatic carbocycles. The molecule has 27 heavy (non-hydrogen) atoms. The van der Waals surface area contributed by atoms with Crippen LogP contribution in [0.1, 0.15) is 41.7 Å². The van der Waals surface area contributed by atoms with Crippen LogP contribution in [0.3, 0.4) is 0 Å². The zero-order chi connectivity index (χ0) is 19.6. The maximum absolute atomic E-state index is 13.0. The fourth-order valence-corrected chi connectivity index (χ4v) is 4.03. The zero-order valence-electron chi connectivity index (χ0n) is 15.3. The number of carbonyl (C=O) groups is 2. The zero-order valence-corrected chi connectivity index (χ0v) is 16.8. The second-order valence-electron chi connectivity index (χ2n) is 6.89. The Bertz CT molecular complexity index is 823. The molecule has 1 saturated heterocycles. The lowest BCUT2D eigenvalue weighted by molar-refractivity contribution is -0.137. The number of benzene rings is 1. The average Bonchev–Trinajstić information content (AvgIpc) is 3.20. The van der Waals surface area contributed by atoms with Crippen molar-refractivity contribution in [1.82, 2.24) is 9.80 Å². The van der Waals surface area contributed by atoms with Crippen molar-refractivity contribution in [3.8, 4) is 0 Å². The van der Waals surface area contributed by atoms with Gasteiger partial charge in [-0.15, -0.1) is 0 Å². The maximum Gasteiger partial charge on any atom is 0.257 e. The van der Waals surface area contributed by atoms with Gasteiger partial charge in [-0.05, 0) is 43.5 Å². The van der Waals surface area contributed by atoms with Crippen LogP contribution in [0.25, 0.3) is 0 Å². The summed E-state index contributed by atoms with van der Waals surface area (Å²) < 4.78 is 4.99. The van der Waals surface area contributed by atoms with Crippen molar-refractivity contribution in [2.24, 2.45) is 5.92 Å². The Morgan fingerprint density at radius 2 is 2.07 bits per heavy atom. The van der Waals surface area contributed by atoms with E-state index in [1.54, 1.807) is 35.0 Å². The van der Waals surface area contributed by atoms with Gasteiger partial charge in [0.05, 0.1) is 23.8 Å². The van der Waals surface area contributed by atoms with Crippen molar-refractivity contribution in [3.63, 3.8) is 0 Å². The molecule has 0 N–H and O–H groups in total. The Morgan fingerprint density at radius 1 is 1.30 bits per heavy atom. The van der Waals surface area contributed by atoms with E-state index in [4.69, 9.17) is 27.6 Å². The van der Waals surface area contributed by atoms with E-state index in [2.05, 4.69) is 0 Å². The standard InChI is InChI=1S/C20H22Cl2N2O3/c1-13(17-6-5-16(21)10-18(17)22)23(2)19(25)14-4-3-8-24(11-14)20(26)15-7-9-27-12-15/h5-7,9-10,12-14H,3-4,8,11H2,1-2H3. The monoisotopic (exact) mass is 408 g/mol. The number of carbonyl (C=O) groups excluding carboxylic acids is 2. The number of amides is 2. The van der Waals surface area contributed by atoms with Gasteiger partial charge in [-0.3, -0.25) is 9.59 Å². The van der Waals surface area contributed by atoms with Crippen molar-refractivity contribution in [2.45, 2.75) is 25.8 Å². The van der Waals surface area contributed by atoms with Crippen molar-refractivity contribution in [1.29, 1.82) is 0 Å². The molecule has 2 amide bonds. The van der Waals surface area contributed by atoms with E-state index in [9.17, 15) is 9.59 Å². The fraction of sp³-hybridized carbons (Fsp3) is 0.400. The van der Waals surface area contributed by atoms with E-state index in [1.807, 2.05) is 13.0 Å². The molecule has 1 aromatic carbocycles. The van der Waals surface area contributed by atoms with E-state index in [0.717, 1.165) is 18.4 Å². The molecule has 0 saturated carbocycles. The summed E-state index contributed by atoms with van der Waals surface area (Å²) in [6, 6.07) is 6.74. The molecule has 7 heteroatoms. The number of rotatable bonds is 4. The van der Waals surface area contributed by atoms with Gasteiger partial charge in [-0.1, -0.05) is 29.3 Å². The van der Waals surface area contributed by atoms with E-state index in [-0.39, 0.29) is 23.8 Å². The number of likely N-dealkylation sites (tertiary alicyclic amines) is 1. The molecule has 5 nitrogen and oxygen atoms in total. The van der Waals surface area contributed by atoms with Crippen LogP contribution in [0.4, 0.5) is 0 Å². The average molecular weight is 409 g/mol. The highest BCUT2D eigenvalue weighted by atomic mass is 35.5. The third kappa shape index (κ3) is 4.30. The summed E-state index contributed by atoms with van der Waals surface area (Å²) in [4.78, 5) is 29.0. The van der Waals surface area contributed by atoms with E-state index in [0.29, 0.717) is 28.7 Å². The Labute approximate surface area is 168 Å². The fourth-order valence-electron chi connectivity index (χ4n) is 3.46. The van der Waals surface area contributed by atoms with Crippen molar-refractivity contribution >= 4 is 35.0 Å². The summed E-state index contributed by atoms with van der Waals surface area (Å²) in [5.41, 5.74) is 1.36. The molecule has 2 unspecified atom stereocenters. The molecule has 1 aliphatic rings. The molecule has 1 aliphatic heterocycles. The molecule has 2 atom stereocenters. The van der Waals surface area contributed by atoms with E-state index >= 15 is 0 Å². The van der Waals surface area contributed by atoms with Crippen molar-refractivity contribution in [3.05, 3.63) is 58.0 Å². The van der Waals surface area contributed by atoms with Gasteiger partial charge in [0.25, 0.3) is 5.91 Å². The highest BCUT2D eigenvalue weighted by Crippen LogP contribution is 2.31. The number of hydrogen-bond acceptors (Lipinski definition) is 3. The molecule has 3 rings (SSSR count). The minimum Gasteiger partial charge on any atom is -0.472 e. The van der Waals surface area contributed by atoms with Gasteiger partial charge in [0.15, 0.2) is 0 Å². The predicted molar refractivity (Wildman–Crippen MR) is 105 cm³/mol. The molecule has 2 heterocycles. The van der Waals surface area contributed by atoms with Crippen molar-refractivity contribution in [2.75, 3.05) is 20.1 Å². The number of hydrogen-bond donors (Lipinski definition) is 0. The van der Waals surface area contributed by atoms with E-state index < -0.39 is 0 Å². The van der Waals surface area contributed by atoms with Crippen LogP contribution in [0.2, 0.25) is 10.0 Å². The highest BCUT2D eigenvalue weighted by molar-refractivity contribution is 6.35. The van der Waals surface area contributed by atoms with Crippen LogP contribution < -0.4 is 0 Å². The quantitative estimate of drug-likeness (QED) is 0.738. The Morgan fingerprint density at radius 3 is 2.74 bits per heavy atom. The van der Waals surface area contributed by atoms with Crippen LogP contribution in [-0.2, 0) is 4.79 Å². The predicted octanol–water partition coefficient (Wildman–Crippen LogP) is 4.66. The molecular formula is C20H22Cl2N2O3. The smallest absolute Gasteiger partial charge is 0.257 e. The molecule has 2 aromatic rings. The minimum atomic E-state index is -0.229. The second-order valence-corrected chi connectivity index (χ2v) is 7.74. The van der Waals surface area contributed by atoms with Crippen LogP contribution in [0.15, 0.2) is 41.2 Å². The summed E-state index contributed by atoms with van der Waals surface area (Å²) in [6.45, 7) is 2.99.